The Morgan fingerprint density at radius 1 is 1.40 bits per heavy atom. The number of rotatable bonds is 4. The average Bonchev–Trinajstić information content (AvgIpc) is 3.09. The van der Waals surface area contributed by atoms with E-state index in [4.69, 9.17) is 4.74 Å². The summed E-state index contributed by atoms with van der Waals surface area (Å²) in [6.07, 6.45) is 2.09. The lowest BCUT2D eigenvalue weighted by atomic mass is 10.1. The van der Waals surface area contributed by atoms with E-state index in [1.54, 1.807) is 4.68 Å². The molecule has 1 aromatic heterocycles. The summed E-state index contributed by atoms with van der Waals surface area (Å²) in [5.74, 6) is -1.07. The number of hydrogen-bond acceptors (Lipinski definition) is 4. The molecule has 2 aromatic rings. The van der Waals surface area contributed by atoms with Crippen molar-refractivity contribution in [2.45, 2.75) is 25.5 Å². The average molecular weight is 273 g/mol. The molecule has 6 nitrogen and oxygen atoms in total. The minimum atomic E-state index is -1.07. The number of aromatic carboxylic acids is 1. The molecule has 0 saturated carbocycles. The highest BCUT2D eigenvalue weighted by atomic mass is 16.5. The van der Waals surface area contributed by atoms with E-state index >= 15 is 0 Å². The molecule has 1 N–H and O–H groups in total. The summed E-state index contributed by atoms with van der Waals surface area (Å²) in [4.78, 5) is 11.3. The zero-order valence-electron chi connectivity index (χ0n) is 10.9. The first-order valence-corrected chi connectivity index (χ1v) is 6.59. The van der Waals surface area contributed by atoms with Gasteiger partial charge in [-0.1, -0.05) is 35.5 Å². The largest absolute Gasteiger partial charge is 0.476 e. The minimum Gasteiger partial charge on any atom is -0.476 e. The fourth-order valence-corrected chi connectivity index (χ4v) is 2.45. The standard InChI is InChI=1S/C14H15N3O3/c18-14(19)12-13(10-5-2-1-3-6-10)17(16-15-12)9-11-7-4-8-20-11/h1-3,5-6,11H,4,7-9H2,(H,18,19). The van der Waals surface area contributed by atoms with Gasteiger partial charge in [0.15, 0.2) is 5.69 Å². The van der Waals surface area contributed by atoms with Crippen LogP contribution >= 0.6 is 0 Å². The number of carbonyl (C=O) groups is 1. The van der Waals surface area contributed by atoms with Crippen LogP contribution in [0.1, 0.15) is 23.3 Å². The van der Waals surface area contributed by atoms with Crippen LogP contribution in [0, 0.1) is 0 Å². The SMILES string of the molecule is O=C(O)c1nnn(CC2CCCO2)c1-c1ccccc1. The molecular formula is C14H15N3O3. The summed E-state index contributed by atoms with van der Waals surface area (Å²) in [6, 6.07) is 9.33. The first-order chi connectivity index (χ1) is 9.75. The van der Waals surface area contributed by atoms with Crippen LogP contribution < -0.4 is 0 Å². The zero-order valence-corrected chi connectivity index (χ0v) is 10.9. The summed E-state index contributed by atoms with van der Waals surface area (Å²) in [5, 5.41) is 17.0. The number of carboxylic acids is 1. The lowest BCUT2D eigenvalue weighted by Crippen LogP contribution is -2.17. The highest BCUT2D eigenvalue weighted by molar-refractivity contribution is 5.92. The molecule has 104 valence electrons. The molecule has 1 fully saturated rings. The molecule has 6 heteroatoms. The Kier molecular flexibility index (Phi) is 3.47. The molecule has 0 spiro atoms. The Balaban J connectivity index is 1.99. The third-order valence-electron chi connectivity index (χ3n) is 3.39. The topological polar surface area (TPSA) is 77.2 Å². The lowest BCUT2D eigenvalue weighted by molar-refractivity contribution is 0.0691. The Morgan fingerprint density at radius 2 is 2.20 bits per heavy atom. The van der Waals surface area contributed by atoms with Gasteiger partial charge in [0.2, 0.25) is 0 Å². The number of hydrogen-bond donors (Lipinski definition) is 1. The van der Waals surface area contributed by atoms with Crippen molar-refractivity contribution in [1.82, 2.24) is 15.0 Å². The van der Waals surface area contributed by atoms with Crippen molar-refractivity contribution >= 4 is 5.97 Å². The molecule has 1 unspecified atom stereocenters. The van der Waals surface area contributed by atoms with E-state index in [-0.39, 0.29) is 11.8 Å². The molecular weight excluding hydrogens is 258 g/mol. The third-order valence-corrected chi connectivity index (χ3v) is 3.39. The molecule has 0 bridgehead atoms. The molecule has 1 aliphatic rings. The van der Waals surface area contributed by atoms with Crippen LogP contribution in [-0.2, 0) is 11.3 Å². The molecule has 1 saturated heterocycles. The summed E-state index contributed by atoms with van der Waals surface area (Å²) in [6.45, 7) is 1.29. The van der Waals surface area contributed by atoms with Gasteiger partial charge in [-0.15, -0.1) is 5.10 Å². The van der Waals surface area contributed by atoms with Gasteiger partial charge in [0.1, 0.15) is 5.69 Å². The molecule has 0 radical (unpaired) electrons. The number of carboxylic acid groups (broad SMARTS) is 1. The van der Waals surface area contributed by atoms with E-state index in [0.717, 1.165) is 25.0 Å². The molecule has 20 heavy (non-hydrogen) atoms. The van der Waals surface area contributed by atoms with Crippen LogP contribution in [0.5, 0.6) is 0 Å². The van der Waals surface area contributed by atoms with Crippen LogP contribution in [0.4, 0.5) is 0 Å². The van der Waals surface area contributed by atoms with Gasteiger partial charge in [-0.05, 0) is 12.8 Å². The molecule has 2 heterocycles. The molecule has 1 aromatic carbocycles. The van der Waals surface area contributed by atoms with Crippen LogP contribution in [0.15, 0.2) is 30.3 Å². The van der Waals surface area contributed by atoms with E-state index in [0.29, 0.717) is 12.2 Å². The minimum absolute atomic E-state index is 0.0193. The van der Waals surface area contributed by atoms with E-state index in [1.807, 2.05) is 30.3 Å². The van der Waals surface area contributed by atoms with Crippen molar-refractivity contribution in [3.63, 3.8) is 0 Å². The smallest absolute Gasteiger partial charge is 0.358 e. The monoisotopic (exact) mass is 273 g/mol. The van der Waals surface area contributed by atoms with Crippen molar-refractivity contribution in [2.75, 3.05) is 6.61 Å². The second-order valence-corrected chi connectivity index (χ2v) is 4.77. The second-order valence-electron chi connectivity index (χ2n) is 4.77. The Hall–Kier alpha value is -2.21. The van der Waals surface area contributed by atoms with Gasteiger partial charge in [0, 0.05) is 12.2 Å². The van der Waals surface area contributed by atoms with Gasteiger partial charge in [-0.2, -0.15) is 0 Å². The van der Waals surface area contributed by atoms with Crippen LogP contribution in [0.25, 0.3) is 11.3 Å². The summed E-state index contributed by atoms with van der Waals surface area (Å²) in [7, 11) is 0. The summed E-state index contributed by atoms with van der Waals surface area (Å²) in [5.41, 5.74) is 1.32. The van der Waals surface area contributed by atoms with Crippen LogP contribution in [0.3, 0.4) is 0 Å². The van der Waals surface area contributed by atoms with Crippen molar-refractivity contribution in [2.24, 2.45) is 0 Å². The predicted molar refractivity (Wildman–Crippen MR) is 71.4 cm³/mol. The molecule has 1 atom stereocenters. The lowest BCUT2D eigenvalue weighted by Gasteiger charge is -2.11. The maximum absolute atomic E-state index is 11.3. The third kappa shape index (κ3) is 2.42. The fourth-order valence-electron chi connectivity index (χ4n) is 2.45. The van der Waals surface area contributed by atoms with E-state index < -0.39 is 5.97 Å². The van der Waals surface area contributed by atoms with Gasteiger partial charge in [0.25, 0.3) is 0 Å². The molecule has 3 rings (SSSR count). The first-order valence-electron chi connectivity index (χ1n) is 6.59. The molecule has 1 aliphatic heterocycles. The van der Waals surface area contributed by atoms with Crippen molar-refractivity contribution in [3.8, 4) is 11.3 Å². The Bertz CT molecular complexity index is 603. The normalized spacial score (nSPS) is 18.3. The number of benzene rings is 1. The van der Waals surface area contributed by atoms with Gasteiger partial charge in [0.05, 0.1) is 12.6 Å². The van der Waals surface area contributed by atoms with E-state index in [9.17, 15) is 9.90 Å². The van der Waals surface area contributed by atoms with E-state index in [2.05, 4.69) is 10.3 Å². The maximum Gasteiger partial charge on any atom is 0.358 e. The highest BCUT2D eigenvalue weighted by Gasteiger charge is 2.24. The van der Waals surface area contributed by atoms with Crippen molar-refractivity contribution in [1.29, 1.82) is 0 Å². The number of nitrogens with zero attached hydrogens (tertiary/aromatic N) is 3. The van der Waals surface area contributed by atoms with Gasteiger partial charge < -0.3 is 9.84 Å². The predicted octanol–water partition coefficient (Wildman–Crippen LogP) is 1.82. The van der Waals surface area contributed by atoms with Crippen molar-refractivity contribution in [3.05, 3.63) is 36.0 Å². The Labute approximate surface area is 116 Å². The van der Waals surface area contributed by atoms with Crippen molar-refractivity contribution < 1.29 is 14.6 Å². The van der Waals surface area contributed by atoms with Gasteiger partial charge in [-0.25, -0.2) is 9.48 Å². The van der Waals surface area contributed by atoms with Gasteiger partial charge >= 0.3 is 5.97 Å². The quantitative estimate of drug-likeness (QED) is 0.919. The molecule has 0 aliphatic carbocycles. The fraction of sp³-hybridized carbons (Fsp3) is 0.357. The zero-order chi connectivity index (χ0) is 13.9. The second kappa shape index (κ2) is 5.42. The summed E-state index contributed by atoms with van der Waals surface area (Å²) < 4.78 is 7.22. The van der Waals surface area contributed by atoms with Crippen LogP contribution in [0.2, 0.25) is 0 Å². The maximum atomic E-state index is 11.3. The van der Waals surface area contributed by atoms with Crippen LogP contribution in [-0.4, -0.2) is 38.8 Å². The number of aromatic nitrogens is 3. The molecule has 0 amide bonds. The van der Waals surface area contributed by atoms with E-state index in [1.165, 1.54) is 0 Å². The highest BCUT2D eigenvalue weighted by Crippen LogP contribution is 2.24. The first kappa shape index (κ1) is 12.8. The summed E-state index contributed by atoms with van der Waals surface area (Å²) >= 11 is 0. The Morgan fingerprint density at radius 3 is 2.85 bits per heavy atom. The number of ether oxygens (including phenoxy) is 1. The van der Waals surface area contributed by atoms with Gasteiger partial charge in [-0.3, -0.25) is 0 Å².